The third-order valence-corrected chi connectivity index (χ3v) is 7.03. The van der Waals surface area contributed by atoms with E-state index in [2.05, 4.69) is 46.6 Å². The molecule has 3 rings (SSSR count). The maximum atomic E-state index is 12.3. The first kappa shape index (κ1) is 20.9. The van der Waals surface area contributed by atoms with Gasteiger partial charge >= 0.3 is 0 Å². The fraction of sp³-hybridized carbons (Fsp3) is 0.714. The highest BCUT2D eigenvalue weighted by Crippen LogP contribution is 2.47. The van der Waals surface area contributed by atoms with Crippen LogP contribution >= 0.6 is 0 Å². The van der Waals surface area contributed by atoms with Crippen LogP contribution in [0, 0.1) is 5.41 Å². The Bertz CT molecular complexity index is 661. The Hall–Kier alpha value is -0.790. The van der Waals surface area contributed by atoms with E-state index in [1.54, 1.807) is 0 Å². The van der Waals surface area contributed by atoms with Gasteiger partial charge in [0.15, 0.2) is 16.9 Å². The number of rotatable bonds is 4. The van der Waals surface area contributed by atoms with Crippen molar-refractivity contribution in [3.8, 4) is 0 Å². The maximum absolute atomic E-state index is 12.3. The molecule has 0 amide bonds. The summed E-state index contributed by atoms with van der Waals surface area (Å²) >= 11 is -1.47. The summed E-state index contributed by atoms with van der Waals surface area (Å²) in [7, 11) is 2.17. The Morgan fingerprint density at radius 1 is 1.00 bits per heavy atom. The quantitative estimate of drug-likeness (QED) is 0.777. The fourth-order valence-electron chi connectivity index (χ4n) is 4.21. The lowest BCUT2D eigenvalue weighted by Gasteiger charge is -2.59. The van der Waals surface area contributed by atoms with Gasteiger partial charge in [-0.1, -0.05) is 25.1 Å². The van der Waals surface area contributed by atoms with Gasteiger partial charge in [-0.05, 0) is 46.9 Å². The van der Waals surface area contributed by atoms with Gasteiger partial charge in [0.1, 0.15) is 0 Å². The van der Waals surface area contributed by atoms with E-state index < -0.39 is 16.9 Å². The Labute approximate surface area is 166 Å². The van der Waals surface area contributed by atoms with Crippen molar-refractivity contribution in [2.45, 2.75) is 69.2 Å². The predicted octanol–water partition coefficient (Wildman–Crippen LogP) is 3.76. The van der Waals surface area contributed by atoms with Gasteiger partial charge in [-0.3, -0.25) is 9.08 Å². The second kappa shape index (κ2) is 7.23. The number of piperidine rings is 1. The van der Waals surface area contributed by atoms with Crippen molar-refractivity contribution in [1.82, 2.24) is 4.90 Å². The normalized spacial score (nSPS) is 27.3. The SMILES string of the molecule is CN1C(C)(C)CC2(CC1(C)C)OCC(C)(COS(=O)c1ccccc1)CO2. The summed E-state index contributed by atoms with van der Waals surface area (Å²) < 4.78 is 30.7. The molecule has 1 aromatic rings. The zero-order valence-electron chi connectivity index (χ0n) is 17.4. The minimum atomic E-state index is -1.47. The third kappa shape index (κ3) is 4.46. The Morgan fingerprint density at radius 2 is 1.52 bits per heavy atom. The molecule has 0 aromatic heterocycles. The van der Waals surface area contributed by atoms with Crippen molar-refractivity contribution in [3.63, 3.8) is 0 Å². The average molecular weight is 396 g/mol. The molecule has 27 heavy (non-hydrogen) atoms. The first-order valence-electron chi connectivity index (χ1n) is 9.59. The smallest absolute Gasteiger partial charge is 0.189 e. The van der Waals surface area contributed by atoms with Gasteiger partial charge in [0, 0.05) is 29.3 Å². The molecule has 0 N–H and O–H groups in total. The molecule has 152 valence electrons. The van der Waals surface area contributed by atoms with E-state index in [-0.39, 0.29) is 16.5 Å². The number of hydrogen-bond donors (Lipinski definition) is 0. The van der Waals surface area contributed by atoms with E-state index in [1.165, 1.54) is 0 Å². The molecule has 6 heteroatoms. The molecule has 2 aliphatic heterocycles. The molecule has 2 aliphatic rings. The number of benzene rings is 1. The van der Waals surface area contributed by atoms with Crippen LogP contribution in [0.15, 0.2) is 35.2 Å². The van der Waals surface area contributed by atoms with Crippen LogP contribution in [0.1, 0.15) is 47.5 Å². The van der Waals surface area contributed by atoms with Crippen LogP contribution in [0.5, 0.6) is 0 Å². The molecule has 0 bridgehead atoms. The molecule has 1 unspecified atom stereocenters. The van der Waals surface area contributed by atoms with Crippen LogP contribution in [0.25, 0.3) is 0 Å². The van der Waals surface area contributed by atoms with Crippen LogP contribution in [0.2, 0.25) is 0 Å². The summed E-state index contributed by atoms with van der Waals surface area (Å²) in [6.07, 6.45) is 1.65. The van der Waals surface area contributed by atoms with Crippen molar-refractivity contribution >= 4 is 11.1 Å². The van der Waals surface area contributed by atoms with E-state index in [1.807, 2.05) is 30.3 Å². The largest absolute Gasteiger partial charge is 0.349 e. The standard InChI is InChI=1S/C21H33NO4S/c1-18(2)12-21(13-19(3,4)22(18)6)24-14-20(5,15-25-21)16-26-27(23)17-10-8-7-9-11-17/h7-11H,12-16H2,1-6H3. The second-order valence-electron chi connectivity index (χ2n) is 9.65. The van der Waals surface area contributed by atoms with Gasteiger partial charge in [0.2, 0.25) is 0 Å². The first-order valence-corrected chi connectivity index (χ1v) is 10.7. The molecule has 5 nitrogen and oxygen atoms in total. The summed E-state index contributed by atoms with van der Waals surface area (Å²) in [5, 5.41) is 0. The summed E-state index contributed by atoms with van der Waals surface area (Å²) in [5.74, 6) is -0.558. The predicted molar refractivity (Wildman–Crippen MR) is 107 cm³/mol. The minimum Gasteiger partial charge on any atom is -0.349 e. The van der Waals surface area contributed by atoms with Gasteiger partial charge in [0.25, 0.3) is 0 Å². The van der Waals surface area contributed by atoms with Gasteiger partial charge in [-0.25, -0.2) is 4.21 Å². The summed E-state index contributed by atoms with van der Waals surface area (Å²) in [5.41, 5.74) is -0.338. The summed E-state index contributed by atoms with van der Waals surface area (Å²) in [6, 6.07) is 9.24. The van der Waals surface area contributed by atoms with Crippen molar-refractivity contribution in [3.05, 3.63) is 30.3 Å². The maximum Gasteiger partial charge on any atom is 0.189 e. The molecule has 2 heterocycles. The van der Waals surface area contributed by atoms with E-state index in [4.69, 9.17) is 13.7 Å². The highest BCUT2D eigenvalue weighted by Gasteiger charge is 2.55. The van der Waals surface area contributed by atoms with E-state index in [0.29, 0.717) is 24.7 Å². The molecular weight excluding hydrogens is 362 g/mol. The van der Waals surface area contributed by atoms with Crippen molar-refractivity contribution in [2.75, 3.05) is 26.9 Å². The van der Waals surface area contributed by atoms with Crippen LogP contribution in [0.4, 0.5) is 0 Å². The Morgan fingerprint density at radius 3 is 2.04 bits per heavy atom. The monoisotopic (exact) mass is 395 g/mol. The zero-order valence-corrected chi connectivity index (χ0v) is 18.2. The summed E-state index contributed by atoms with van der Waals surface area (Å²) in [6.45, 7) is 12.4. The first-order chi connectivity index (χ1) is 12.5. The van der Waals surface area contributed by atoms with E-state index >= 15 is 0 Å². The molecule has 0 radical (unpaired) electrons. The number of nitrogens with zero attached hydrogens (tertiary/aromatic N) is 1. The third-order valence-electron chi connectivity index (χ3n) is 6.04. The van der Waals surface area contributed by atoms with Gasteiger partial charge in [-0.15, -0.1) is 0 Å². The lowest BCUT2D eigenvalue weighted by Crippen LogP contribution is -2.67. The topological polar surface area (TPSA) is 48.0 Å². The molecule has 1 aromatic carbocycles. The fourth-order valence-corrected chi connectivity index (χ4v) is 5.12. The van der Waals surface area contributed by atoms with E-state index in [9.17, 15) is 4.21 Å². The van der Waals surface area contributed by atoms with Crippen LogP contribution in [-0.4, -0.2) is 52.8 Å². The van der Waals surface area contributed by atoms with E-state index in [0.717, 1.165) is 12.8 Å². The lowest BCUT2D eigenvalue weighted by atomic mass is 9.75. The van der Waals surface area contributed by atoms with Crippen molar-refractivity contribution in [2.24, 2.45) is 5.41 Å². The minimum absolute atomic E-state index is 0.0131. The number of hydrogen-bond acceptors (Lipinski definition) is 5. The highest BCUT2D eigenvalue weighted by molar-refractivity contribution is 7.80. The molecule has 2 saturated heterocycles. The Kier molecular flexibility index (Phi) is 5.60. The number of ether oxygens (including phenoxy) is 2. The second-order valence-corrected chi connectivity index (χ2v) is 10.8. The molecular formula is C21H33NO4S. The molecule has 2 fully saturated rings. The molecule has 1 atom stereocenters. The molecule has 0 saturated carbocycles. The van der Waals surface area contributed by atoms with Gasteiger partial charge in [-0.2, -0.15) is 0 Å². The van der Waals surface area contributed by atoms with Crippen LogP contribution < -0.4 is 0 Å². The molecule has 1 spiro atoms. The Balaban J connectivity index is 1.61. The van der Waals surface area contributed by atoms with Crippen molar-refractivity contribution < 1.29 is 17.9 Å². The molecule has 0 aliphatic carbocycles. The highest BCUT2D eigenvalue weighted by atomic mass is 32.2. The van der Waals surface area contributed by atoms with Crippen LogP contribution in [-0.2, 0) is 24.7 Å². The average Bonchev–Trinajstić information content (AvgIpc) is 2.61. The zero-order chi connectivity index (χ0) is 19.9. The van der Waals surface area contributed by atoms with Crippen LogP contribution in [0.3, 0.4) is 0 Å². The van der Waals surface area contributed by atoms with Gasteiger partial charge in [0.05, 0.1) is 24.7 Å². The summed E-state index contributed by atoms with van der Waals surface area (Å²) in [4.78, 5) is 3.09. The van der Waals surface area contributed by atoms with Crippen molar-refractivity contribution in [1.29, 1.82) is 0 Å². The van der Waals surface area contributed by atoms with Gasteiger partial charge < -0.3 is 9.47 Å². The lowest BCUT2D eigenvalue weighted by molar-refractivity contribution is -0.340. The number of likely N-dealkylation sites (tertiary alicyclic amines) is 1.